The molecule has 1 aliphatic heterocycles. The molecular weight excluding hydrogens is 282 g/mol. The fourth-order valence-corrected chi connectivity index (χ4v) is 2.35. The molecule has 3 rings (SSSR count). The average Bonchev–Trinajstić information content (AvgIpc) is 2.76. The summed E-state index contributed by atoms with van der Waals surface area (Å²) in [7, 11) is 0. The molecule has 17 heavy (non-hydrogen) atoms. The number of ether oxygens (including phenoxy) is 2. The van der Waals surface area contributed by atoms with Gasteiger partial charge < -0.3 is 15.2 Å². The molecule has 0 aromatic heterocycles. The quantitative estimate of drug-likeness (QED) is 0.819. The molecule has 2 aromatic carbocycles. The molecule has 1 heterocycles. The van der Waals surface area contributed by atoms with E-state index in [4.69, 9.17) is 15.2 Å². The zero-order valence-corrected chi connectivity index (χ0v) is 10.5. The molecule has 0 bridgehead atoms. The second-order valence-corrected chi connectivity index (χ2v) is 4.66. The Hall–Kier alpha value is -1.68. The molecule has 2 N–H and O–H groups in total. The first-order chi connectivity index (χ1) is 8.24. The molecule has 0 aliphatic carbocycles. The third-order valence-electron chi connectivity index (χ3n) is 2.68. The number of nitrogens with two attached hydrogens (primary N) is 1. The number of rotatable bonds is 1. The lowest BCUT2D eigenvalue weighted by atomic mass is 10.0. The molecule has 4 heteroatoms. The maximum atomic E-state index is 5.68. The van der Waals surface area contributed by atoms with E-state index in [-0.39, 0.29) is 6.79 Å². The standard InChI is InChI=1S/C13H10BrNO2/c14-11-6-13-12(16-7-17-13)5-10(11)8-1-3-9(15)4-2-8/h1-6H,7,15H2. The van der Waals surface area contributed by atoms with Crippen LogP contribution in [0.15, 0.2) is 40.9 Å². The van der Waals surface area contributed by atoms with Gasteiger partial charge in [-0.1, -0.05) is 28.1 Å². The number of anilines is 1. The van der Waals surface area contributed by atoms with E-state index < -0.39 is 0 Å². The van der Waals surface area contributed by atoms with Gasteiger partial charge in [-0.15, -0.1) is 0 Å². The Balaban J connectivity index is 2.11. The maximum Gasteiger partial charge on any atom is 0.231 e. The Labute approximate surface area is 107 Å². The van der Waals surface area contributed by atoms with Gasteiger partial charge in [-0.05, 0) is 35.4 Å². The van der Waals surface area contributed by atoms with Crippen molar-refractivity contribution in [2.45, 2.75) is 0 Å². The van der Waals surface area contributed by atoms with Gasteiger partial charge >= 0.3 is 0 Å². The van der Waals surface area contributed by atoms with Crippen LogP contribution in [0.2, 0.25) is 0 Å². The average molecular weight is 292 g/mol. The van der Waals surface area contributed by atoms with Gasteiger partial charge in [0.2, 0.25) is 6.79 Å². The molecule has 0 saturated heterocycles. The minimum atomic E-state index is 0.285. The number of hydrogen-bond donors (Lipinski definition) is 1. The summed E-state index contributed by atoms with van der Waals surface area (Å²) in [6.45, 7) is 0.285. The van der Waals surface area contributed by atoms with Crippen LogP contribution in [0.5, 0.6) is 11.5 Å². The molecule has 0 spiro atoms. The summed E-state index contributed by atoms with van der Waals surface area (Å²) >= 11 is 3.54. The number of benzene rings is 2. The molecule has 0 amide bonds. The third-order valence-corrected chi connectivity index (χ3v) is 3.34. The summed E-state index contributed by atoms with van der Waals surface area (Å²) in [6.07, 6.45) is 0. The van der Waals surface area contributed by atoms with Crippen LogP contribution in [0.1, 0.15) is 0 Å². The molecule has 1 aliphatic rings. The van der Waals surface area contributed by atoms with Crippen molar-refractivity contribution in [1.82, 2.24) is 0 Å². The van der Waals surface area contributed by atoms with Gasteiger partial charge in [0.25, 0.3) is 0 Å². The van der Waals surface area contributed by atoms with Crippen molar-refractivity contribution in [3.8, 4) is 22.6 Å². The van der Waals surface area contributed by atoms with Gasteiger partial charge in [-0.2, -0.15) is 0 Å². The first kappa shape index (κ1) is 10.5. The zero-order valence-electron chi connectivity index (χ0n) is 8.94. The first-order valence-corrected chi connectivity index (χ1v) is 5.98. The Kier molecular flexibility index (Phi) is 2.44. The summed E-state index contributed by atoms with van der Waals surface area (Å²) in [5.74, 6) is 1.55. The van der Waals surface area contributed by atoms with E-state index in [2.05, 4.69) is 15.9 Å². The van der Waals surface area contributed by atoms with Gasteiger partial charge in [-0.3, -0.25) is 0 Å². The van der Waals surface area contributed by atoms with E-state index in [1.807, 2.05) is 36.4 Å². The summed E-state index contributed by atoms with van der Waals surface area (Å²) < 4.78 is 11.7. The molecule has 0 radical (unpaired) electrons. The van der Waals surface area contributed by atoms with E-state index in [9.17, 15) is 0 Å². The lowest BCUT2D eigenvalue weighted by molar-refractivity contribution is 0.174. The number of fused-ring (bicyclic) bond motifs is 1. The van der Waals surface area contributed by atoms with Gasteiger partial charge in [0.1, 0.15) is 0 Å². The zero-order chi connectivity index (χ0) is 11.8. The van der Waals surface area contributed by atoms with Crippen molar-refractivity contribution in [3.05, 3.63) is 40.9 Å². The lowest BCUT2D eigenvalue weighted by Gasteiger charge is -2.07. The molecular formula is C13H10BrNO2. The SMILES string of the molecule is Nc1ccc(-c2cc3c(cc2Br)OCO3)cc1. The molecule has 86 valence electrons. The summed E-state index contributed by atoms with van der Waals surface area (Å²) in [4.78, 5) is 0. The second-order valence-electron chi connectivity index (χ2n) is 3.81. The fraction of sp³-hybridized carbons (Fsp3) is 0.0769. The highest BCUT2D eigenvalue weighted by Gasteiger charge is 2.16. The van der Waals surface area contributed by atoms with Crippen LogP contribution < -0.4 is 15.2 Å². The fourth-order valence-electron chi connectivity index (χ4n) is 1.80. The predicted octanol–water partition coefficient (Wildman–Crippen LogP) is 3.43. The maximum absolute atomic E-state index is 5.68. The number of hydrogen-bond acceptors (Lipinski definition) is 3. The van der Waals surface area contributed by atoms with Crippen LogP contribution >= 0.6 is 15.9 Å². The van der Waals surface area contributed by atoms with Crippen molar-refractivity contribution in [3.63, 3.8) is 0 Å². The number of nitrogen functional groups attached to an aromatic ring is 1. The Morgan fingerprint density at radius 1 is 1.00 bits per heavy atom. The van der Waals surface area contributed by atoms with E-state index in [0.717, 1.165) is 32.8 Å². The van der Waals surface area contributed by atoms with Crippen LogP contribution in [0.3, 0.4) is 0 Å². The van der Waals surface area contributed by atoms with Gasteiger partial charge in [-0.25, -0.2) is 0 Å². The molecule has 0 atom stereocenters. The summed E-state index contributed by atoms with van der Waals surface area (Å²) in [5.41, 5.74) is 8.58. The van der Waals surface area contributed by atoms with Gasteiger partial charge in [0.05, 0.1) is 0 Å². The first-order valence-electron chi connectivity index (χ1n) is 5.19. The Bertz CT molecular complexity index is 566. The van der Waals surface area contributed by atoms with Crippen LogP contribution in [-0.2, 0) is 0 Å². The van der Waals surface area contributed by atoms with E-state index >= 15 is 0 Å². The highest BCUT2D eigenvalue weighted by Crippen LogP contribution is 2.41. The second kappa shape index (κ2) is 3.96. The molecule has 0 fully saturated rings. The highest BCUT2D eigenvalue weighted by atomic mass is 79.9. The predicted molar refractivity (Wildman–Crippen MR) is 70.1 cm³/mol. The van der Waals surface area contributed by atoms with Crippen molar-refractivity contribution < 1.29 is 9.47 Å². The van der Waals surface area contributed by atoms with Crippen LogP contribution in [-0.4, -0.2) is 6.79 Å². The van der Waals surface area contributed by atoms with Crippen molar-refractivity contribution >= 4 is 21.6 Å². The largest absolute Gasteiger partial charge is 0.454 e. The summed E-state index contributed by atoms with van der Waals surface area (Å²) in [6, 6.07) is 11.6. The van der Waals surface area contributed by atoms with Crippen molar-refractivity contribution in [2.75, 3.05) is 12.5 Å². The Morgan fingerprint density at radius 3 is 2.35 bits per heavy atom. The van der Waals surface area contributed by atoms with Crippen LogP contribution in [0.4, 0.5) is 5.69 Å². The van der Waals surface area contributed by atoms with Gasteiger partial charge in [0.15, 0.2) is 11.5 Å². The lowest BCUT2D eigenvalue weighted by Crippen LogP contribution is -1.92. The normalized spacial score (nSPS) is 12.8. The minimum Gasteiger partial charge on any atom is -0.454 e. The monoisotopic (exact) mass is 291 g/mol. The van der Waals surface area contributed by atoms with E-state index in [1.165, 1.54) is 0 Å². The van der Waals surface area contributed by atoms with Crippen LogP contribution in [0, 0.1) is 0 Å². The van der Waals surface area contributed by atoms with Crippen molar-refractivity contribution in [2.24, 2.45) is 0 Å². The molecule has 0 unspecified atom stereocenters. The summed E-state index contributed by atoms with van der Waals surface area (Å²) in [5, 5.41) is 0. The molecule has 3 nitrogen and oxygen atoms in total. The number of halogens is 1. The van der Waals surface area contributed by atoms with Crippen molar-refractivity contribution in [1.29, 1.82) is 0 Å². The van der Waals surface area contributed by atoms with E-state index in [0.29, 0.717) is 0 Å². The Morgan fingerprint density at radius 2 is 1.65 bits per heavy atom. The smallest absolute Gasteiger partial charge is 0.231 e. The minimum absolute atomic E-state index is 0.285. The molecule has 0 saturated carbocycles. The topological polar surface area (TPSA) is 44.5 Å². The van der Waals surface area contributed by atoms with Gasteiger partial charge in [0, 0.05) is 10.2 Å². The van der Waals surface area contributed by atoms with E-state index in [1.54, 1.807) is 0 Å². The van der Waals surface area contributed by atoms with Crippen LogP contribution in [0.25, 0.3) is 11.1 Å². The molecule has 2 aromatic rings. The third kappa shape index (κ3) is 1.85. The highest BCUT2D eigenvalue weighted by molar-refractivity contribution is 9.10.